The SMILES string of the molecule is C[C@H](CO)N1C[C@H](C)[C@H](CN(C)Cc2ccc(C(F)(F)F)cc2)Oc2c(NS(=O)(=O)c3ccc(F)cc3)cccc2C1=O. The first kappa shape index (κ1) is 32.2. The van der Waals surface area contributed by atoms with Gasteiger partial charge in [0.2, 0.25) is 0 Å². The number of fused-ring (bicyclic) bond motifs is 1. The highest BCUT2D eigenvalue weighted by Gasteiger charge is 2.35. The number of amides is 1. The van der Waals surface area contributed by atoms with Gasteiger partial charge in [-0.1, -0.05) is 25.1 Å². The Morgan fingerprint density at radius 1 is 1.09 bits per heavy atom. The number of hydrogen-bond acceptors (Lipinski definition) is 6. The Morgan fingerprint density at radius 3 is 2.35 bits per heavy atom. The van der Waals surface area contributed by atoms with Gasteiger partial charge in [0.1, 0.15) is 11.9 Å². The van der Waals surface area contributed by atoms with E-state index in [2.05, 4.69) is 4.72 Å². The van der Waals surface area contributed by atoms with Crippen LogP contribution in [0.1, 0.15) is 35.3 Å². The molecule has 0 saturated heterocycles. The normalized spacial score (nSPS) is 18.4. The number of sulfonamides is 1. The van der Waals surface area contributed by atoms with Crippen molar-refractivity contribution in [2.45, 2.75) is 43.6 Å². The summed E-state index contributed by atoms with van der Waals surface area (Å²) in [6, 6.07) is 13.0. The largest absolute Gasteiger partial charge is 0.486 e. The summed E-state index contributed by atoms with van der Waals surface area (Å²) >= 11 is 0. The lowest BCUT2D eigenvalue weighted by molar-refractivity contribution is -0.137. The van der Waals surface area contributed by atoms with Crippen molar-refractivity contribution in [1.29, 1.82) is 0 Å². The molecule has 232 valence electrons. The number of para-hydroxylation sites is 1. The van der Waals surface area contributed by atoms with Crippen LogP contribution in [0, 0.1) is 11.7 Å². The van der Waals surface area contributed by atoms with Crippen LogP contribution in [0.5, 0.6) is 5.75 Å². The lowest BCUT2D eigenvalue weighted by atomic mass is 9.99. The van der Waals surface area contributed by atoms with Gasteiger partial charge in [-0.05, 0) is 68.1 Å². The van der Waals surface area contributed by atoms with E-state index in [4.69, 9.17) is 4.74 Å². The van der Waals surface area contributed by atoms with Gasteiger partial charge >= 0.3 is 6.18 Å². The van der Waals surface area contributed by atoms with Crippen LogP contribution in [0.25, 0.3) is 0 Å². The van der Waals surface area contributed by atoms with E-state index in [1.807, 2.05) is 11.8 Å². The molecule has 43 heavy (non-hydrogen) atoms. The number of nitrogens with zero attached hydrogens (tertiary/aromatic N) is 2. The van der Waals surface area contributed by atoms with Crippen molar-refractivity contribution in [2.24, 2.45) is 5.92 Å². The van der Waals surface area contributed by atoms with Crippen LogP contribution in [0.2, 0.25) is 0 Å². The van der Waals surface area contributed by atoms with E-state index >= 15 is 0 Å². The smallest absolute Gasteiger partial charge is 0.416 e. The van der Waals surface area contributed by atoms with E-state index in [1.165, 1.54) is 35.2 Å². The molecule has 3 aromatic carbocycles. The number of nitrogens with one attached hydrogen (secondary N) is 1. The third-order valence-electron chi connectivity index (χ3n) is 7.28. The van der Waals surface area contributed by atoms with Crippen LogP contribution in [0.15, 0.2) is 71.6 Å². The fraction of sp³-hybridized carbons (Fsp3) is 0.367. The number of benzene rings is 3. The number of alkyl halides is 3. The molecule has 1 aliphatic rings. The summed E-state index contributed by atoms with van der Waals surface area (Å²) in [5, 5.41) is 9.88. The average Bonchev–Trinajstić information content (AvgIpc) is 2.94. The van der Waals surface area contributed by atoms with Crippen molar-refractivity contribution >= 4 is 21.6 Å². The molecule has 0 bridgehead atoms. The third-order valence-corrected chi connectivity index (χ3v) is 8.67. The van der Waals surface area contributed by atoms with Gasteiger partial charge in [0.05, 0.1) is 34.4 Å². The minimum absolute atomic E-state index is 0.00345. The van der Waals surface area contributed by atoms with E-state index in [-0.39, 0.29) is 47.5 Å². The van der Waals surface area contributed by atoms with Crippen molar-refractivity contribution in [3.05, 3.63) is 89.2 Å². The summed E-state index contributed by atoms with van der Waals surface area (Å²) in [5.74, 6) is -1.37. The van der Waals surface area contributed by atoms with Gasteiger partial charge in [-0.15, -0.1) is 0 Å². The zero-order valence-electron chi connectivity index (χ0n) is 23.8. The van der Waals surface area contributed by atoms with Crippen LogP contribution < -0.4 is 9.46 Å². The second kappa shape index (κ2) is 12.9. The zero-order chi connectivity index (χ0) is 31.5. The molecule has 0 saturated carbocycles. The third kappa shape index (κ3) is 7.64. The fourth-order valence-corrected chi connectivity index (χ4v) is 5.90. The van der Waals surface area contributed by atoms with Gasteiger partial charge in [-0.2, -0.15) is 13.2 Å². The summed E-state index contributed by atoms with van der Waals surface area (Å²) in [6.45, 7) is 4.05. The predicted octanol–water partition coefficient (Wildman–Crippen LogP) is 5.00. The maximum atomic E-state index is 13.7. The lowest BCUT2D eigenvalue weighted by Gasteiger charge is -2.38. The van der Waals surface area contributed by atoms with Crippen molar-refractivity contribution < 1.29 is 40.6 Å². The molecule has 0 radical (unpaired) electrons. The molecular formula is C30H33F4N3O5S. The molecule has 1 amide bonds. The first-order valence-corrected chi connectivity index (χ1v) is 15.0. The zero-order valence-corrected chi connectivity index (χ0v) is 24.6. The number of likely N-dealkylation sites (N-methyl/N-ethyl adjacent to an activating group) is 1. The molecule has 4 rings (SSSR count). The van der Waals surface area contributed by atoms with Crippen LogP contribution in [-0.4, -0.2) is 68.1 Å². The highest BCUT2D eigenvalue weighted by Crippen LogP contribution is 2.36. The number of anilines is 1. The van der Waals surface area contributed by atoms with Crippen LogP contribution in [0.3, 0.4) is 0 Å². The predicted molar refractivity (Wildman–Crippen MR) is 153 cm³/mol. The Balaban J connectivity index is 1.66. The fourth-order valence-electron chi connectivity index (χ4n) is 4.84. The van der Waals surface area contributed by atoms with E-state index in [0.29, 0.717) is 12.1 Å². The van der Waals surface area contributed by atoms with Crippen molar-refractivity contribution in [1.82, 2.24) is 9.80 Å². The topological polar surface area (TPSA) is 99.2 Å². The summed E-state index contributed by atoms with van der Waals surface area (Å²) in [5.41, 5.74) is -0.0168. The van der Waals surface area contributed by atoms with Gasteiger partial charge in [0.15, 0.2) is 5.75 Å². The lowest BCUT2D eigenvalue weighted by Crippen LogP contribution is -2.49. The Hall–Kier alpha value is -3.68. The summed E-state index contributed by atoms with van der Waals surface area (Å²) in [4.78, 5) is 16.8. The van der Waals surface area contributed by atoms with Crippen molar-refractivity contribution in [2.75, 3.05) is 31.5 Å². The molecule has 13 heteroatoms. The minimum atomic E-state index is -4.44. The van der Waals surface area contributed by atoms with Gasteiger partial charge in [-0.3, -0.25) is 14.4 Å². The maximum absolute atomic E-state index is 13.7. The summed E-state index contributed by atoms with van der Waals surface area (Å²) < 4.78 is 87.6. The molecule has 1 aliphatic heterocycles. The van der Waals surface area contributed by atoms with Gasteiger partial charge in [-0.25, -0.2) is 12.8 Å². The molecular weight excluding hydrogens is 590 g/mol. The Kier molecular flexibility index (Phi) is 9.67. The number of aliphatic hydroxyl groups is 1. The first-order chi connectivity index (χ1) is 20.2. The molecule has 1 heterocycles. The van der Waals surface area contributed by atoms with Crippen LogP contribution >= 0.6 is 0 Å². The summed E-state index contributed by atoms with van der Waals surface area (Å²) in [7, 11) is -2.42. The Labute approximate surface area is 247 Å². The number of hydrogen-bond donors (Lipinski definition) is 2. The molecule has 0 unspecified atom stereocenters. The second-order valence-corrected chi connectivity index (χ2v) is 12.4. The number of halogens is 4. The quantitative estimate of drug-likeness (QED) is 0.326. The van der Waals surface area contributed by atoms with Crippen molar-refractivity contribution in [3.63, 3.8) is 0 Å². The highest BCUT2D eigenvalue weighted by atomic mass is 32.2. The molecule has 2 N–H and O–H groups in total. The number of aliphatic hydroxyl groups excluding tert-OH is 1. The molecule has 0 aromatic heterocycles. The van der Waals surface area contributed by atoms with Crippen LogP contribution in [0.4, 0.5) is 23.2 Å². The first-order valence-electron chi connectivity index (χ1n) is 13.5. The van der Waals surface area contributed by atoms with Gasteiger partial charge in [0.25, 0.3) is 15.9 Å². The molecule has 0 spiro atoms. The Morgan fingerprint density at radius 2 is 1.74 bits per heavy atom. The average molecular weight is 624 g/mol. The highest BCUT2D eigenvalue weighted by molar-refractivity contribution is 7.92. The number of carbonyl (C=O) groups is 1. The standard InChI is InChI=1S/C30H33F4N3O5S/c1-19-15-37(20(2)18-38)29(39)25-5-4-6-26(35-43(40,41)24-13-11-23(31)12-14-24)28(25)42-27(19)17-36(3)16-21-7-9-22(10-8-21)30(32,33)34/h4-14,19-20,27,35,38H,15-18H2,1-3H3/t19-,20+,27-/m0/s1. The van der Waals surface area contributed by atoms with E-state index in [1.54, 1.807) is 14.0 Å². The second-order valence-electron chi connectivity index (χ2n) is 10.8. The monoisotopic (exact) mass is 623 g/mol. The van der Waals surface area contributed by atoms with E-state index in [9.17, 15) is 35.9 Å². The number of carbonyl (C=O) groups excluding carboxylic acids is 1. The van der Waals surface area contributed by atoms with Crippen molar-refractivity contribution in [3.8, 4) is 5.75 Å². The molecule has 3 aromatic rings. The number of rotatable bonds is 9. The van der Waals surface area contributed by atoms with E-state index < -0.39 is 45.6 Å². The van der Waals surface area contributed by atoms with Gasteiger partial charge < -0.3 is 14.7 Å². The van der Waals surface area contributed by atoms with Crippen LogP contribution in [-0.2, 0) is 22.7 Å². The molecule has 8 nitrogen and oxygen atoms in total. The minimum Gasteiger partial charge on any atom is -0.486 e. The summed E-state index contributed by atoms with van der Waals surface area (Å²) in [6.07, 6.45) is -5.04. The molecule has 0 aliphatic carbocycles. The molecule has 3 atom stereocenters. The molecule has 0 fully saturated rings. The maximum Gasteiger partial charge on any atom is 0.416 e. The number of ether oxygens (including phenoxy) is 1. The van der Waals surface area contributed by atoms with E-state index in [0.717, 1.165) is 36.4 Å². The van der Waals surface area contributed by atoms with Gasteiger partial charge in [0, 0.05) is 25.6 Å². The Bertz CT molecular complexity index is 1530.